The van der Waals surface area contributed by atoms with Gasteiger partial charge in [-0.3, -0.25) is 9.59 Å². The number of nitrogens with one attached hydrogen (secondary N) is 1. The van der Waals surface area contributed by atoms with Crippen molar-refractivity contribution in [2.75, 3.05) is 43.0 Å². The summed E-state index contributed by atoms with van der Waals surface area (Å²) in [6.07, 6.45) is 0. The molecule has 4 aromatic rings. The molecule has 0 radical (unpaired) electrons. The van der Waals surface area contributed by atoms with Gasteiger partial charge in [0.1, 0.15) is 5.76 Å². The van der Waals surface area contributed by atoms with Crippen LogP contribution >= 0.6 is 11.6 Å². The van der Waals surface area contributed by atoms with Crippen LogP contribution in [0.15, 0.2) is 89.3 Å². The quantitative estimate of drug-likeness (QED) is 0.281. The van der Waals surface area contributed by atoms with Crippen LogP contribution in [0.4, 0.5) is 11.4 Å². The van der Waals surface area contributed by atoms with E-state index in [1.54, 1.807) is 49.4 Å². The van der Waals surface area contributed by atoms with Gasteiger partial charge >= 0.3 is 5.97 Å². The van der Waals surface area contributed by atoms with Gasteiger partial charge in [0.15, 0.2) is 5.76 Å². The number of esters is 1. The summed E-state index contributed by atoms with van der Waals surface area (Å²) in [5.74, 6) is -0.302. The van der Waals surface area contributed by atoms with E-state index in [2.05, 4.69) is 10.2 Å². The Morgan fingerprint density at radius 2 is 1.60 bits per heavy atom. The molecule has 0 spiro atoms. The van der Waals surface area contributed by atoms with Crippen molar-refractivity contribution >= 4 is 40.8 Å². The van der Waals surface area contributed by atoms with Gasteiger partial charge in [0.25, 0.3) is 11.8 Å². The molecule has 0 saturated carbocycles. The van der Waals surface area contributed by atoms with E-state index >= 15 is 0 Å². The fraction of sp³-hybridized carbons (Fsp3) is 0.194. The van der Waals surface area contributed by atoms with Crippen molar-refractivity contribution in [3.8, 4) is 11.3 Å². The van der Waals surface area contributed by atoms with Gasteiger partial charge in [-0.2, -0.15) is 0 Å². The zero-order chi connectivity index (χ0) is 28.1. The number of piperazine rings is 1. The first kappa shape index (κ1) is 27.0. The predicted octanol–water partition coefficient (Wildman–Crippen LogP) is 5.99. The Bertz CT molecular complexity index is 1510. The van der Waals surface area contributed by atoms with Crippen molar-refractivity contribution in [3.63, 3.8) is 0 Å². The summed E-state index contributed by atoms with van der Waals surface area (Å²) >= 11 is 5.98. The number of carbonyl (C=O) groups excluding carboxylic acids is 3. The lowest BCUT2D eigenvalue weighted by Crippen LogP contribution is -2.49. The molecule has 2 amide bonds. The van der Waals surface area contributed by atoms with Crippen molar-refractivity contribution in [3.05, 3.63) is 107 Å². The van der Waals surface area contributed by atoms with Gasteiger partial charge in [-0.25, -0.2) is 4.79 Å². The largest absolute Gasteiger partial charge is 0.462 e. The molecule has 9 heteroatoms. The fourth-order valence-corrected chi connectivity index (χ4v) is 4.71. The molecule has 0 unspecified atom stereocenters. The van der Waals surface area contributed by atoms with Gasteiger partial charge in [-0.1, -0.05) is 29.8 Å². The third kappa shape index (κ3) is 6.02. The minimum atomic E-state index is -0.481. The first-order chi connectivity index (χ1) is 19.4. The number of nitrogens with zero attached hydrogens (tertiary/aromatic N) is 2. The zero-order valence-corrected chi connectivity index (χ0v) is 22.7. The molecule has 1 saturated heterocycles. The molecule has 1 fully saturated rings. The Morgan fingerprint density at radius 3 is 2.30 bits per heavy atom. The maximum absolute atomic E-state index is 13.2. The SMILES string of the molecule is CCOC(=O)c1ccc(N2CCN(C(=O)c3ccccc3)CC2)c(NC(=O)c2ccc(-c3ccc(Cl)cc3)o2)c1. The second-order valence-electron chi connectivity index (χ2n) is 9.22. The smallest absolute Gasteiger partial charge is 0.338 e. The van der Waals surface area contributed by atoms with E-state index < -0.39 is 11.9 Å². The van der Waals surface area contributed by atoms with Crippen LogP contribution in [0.5, 0.6) is 0 Å². The summed E-state index contributed by atoms with van der Waals surface area (Å²) in [7, 11) is 0. The van der Waals surface area contributed by atoms with Crippen LogP contribution in [0.1, 0.15) is 38.2 Å². The number of halogens is 1. The summed E-state index contributed by atoms with van der Waals surface area (Å²) in [4.78, 5) is 42.5. The van der Waals surface area contributed by atoms with Gasteiger partial charge in [-0.05, 0) is 73.7 Å². The van der Waals surface area contributed by atoms with Gasteiger partial charge < -0.3 is 24.3 Å². The Kier molecular flexibility index (Phi) is 8.17. The molecule has 204 valence electrons. The van der Waals surface area contributed by atoms with E-state index in [-0.39, 0.29) is 18.3 Å². The number of ether oxygens (including phenoxy) is 1. The molecular formula is C31H28ClN3O5. The fourth-order valence-electron chi connectivity index (χ4n) is 4.58. The molecule has 0 aliphatic carbocycles. The summed E-state index contributed by atoms with van der Waals surface area (Å²) < 4.78 is 11.0. The van der Waals surface area contributed by atoms with Crippen molar-refractivity contribution in [1.82, 2.24) is 4.90 Å². The van der Waals surface area contributed by atoms with Crippen molar-refractivity contribution in [2.45, 2.75) is 6.92 Å². The molecule has 5 rings (SSSR count). The average Bonchev–Trinajstić information content (AvgIpc) is 3.48. The Morgan fingerprint density at radius 1 is 0.875 bits per heavy atom. The van der Waals surface area contributed by atoms with Crippen molar-refractivity contribution in [2.24, 2.45) is 0 Å². The minimum absolute atomic E-state index is 0.0132. The molecular weight excluding hydrogens is 530 g/mol. The Balaban J connectivity index is 1.35. The lowest BCUT2D eigenvalue weighted by Gasteiger charge is -2.37. The number of hydrogen-bond acceptors (Lipinski definition) is 6. The molecule has 2 heterocycles. The topological polar surface area (TPSA) is 92.1 Å². The highest BCUT2D eigenvalue weighted by molar-refractivity contribution is 6.30. The number of anilines is 2. The number of amides is 2. The van der Waals surface area contributed by atoms with Crippen LogP contribution in [0.3, 0.4) is 0 Å². The maximum atomic E-state index is 13.2. The van der Waals surface area contributed by atoms with Crippen LogP contribution in [-0.2, 0) is 4.74 Å². The number of furan rings is 1. The van der Waals surface area contributed by atoms with E-state index in [0.29, 0.717) is 53.8 Å². The molecule has 0 atom stereocenters. The lowest BCUT2D eigenvalue weighted by atomic mass is 10.1. The highest BCUT2D eigenvalue weighted by Gasteiger charge is 2.25. The zero-order valence-electron chi connectivity index (χ0n) is 21.9. The summed E-state index contributed by atoms with van der Waals surface area (Å²) in [5.41, 5.74) is 2.94. The van der Waals surface area contributed by atoms with E-state index in [1.807, 2.05) is 47.4 Å². The normalized spacial score (nSPS) is 13.2. The summed E-state index contributed by atoms with van der Waals surface area (Å²) in [6.45, 7) is 4.12. The number of rotatable bonds is 7. The van der Waals surface area contributed by atoms with E-state index in [1.165, 1.54) is 0 Å². The third-order valence-electron chi connectivity index (χ3n) is 6.64. The molecule has 1 aromatic heterocycles. The molecule has 1 aliphatic heterocycles. The summed E-state index contributed by atoms with van der Waals surface area (Å²) in [6, 6.07) is 24.7. The second-order valence-corrected chi connectivity index (χ2v) is 9.66. The molecule has 3 aromatic carbocycles. The minimum Gasteiger partial charge on any atom is -0.462 e. The van der Waals surface area contributed by atoms with Crippen LogP contribution in [-0.4, -0.2) is 55.5 Å². The van der Waals surface area contributed by atoms with Crippen LogP contribution in [0.2, 0.25) is 5.02 Å². The molecule has 1 aliphatic rings. The maximum Gasteiger partial charge on any atom is 0.338 e. The summed E-state index contributed by atoms with van der Waals surface area (Å²) in [5, 5.41) is 3.52. The predicted molar refractivity (Wildman–Crippen MR) is 154 cm³/mol. The highest BCUT2D eigenvalue weighted by Crippen LogP contribution is 2.30. The van der Waals surface area contributed by atoms with Crippen LogP contribution in [0, 0.1) is 0 Å². The van der Waals surface area contributed by atoms with E-state index in [4.69, 9.17) is 20.8 Å². The molecule has 40 heavy (non-hydrogen) atoms. The number of hydrogen-bond donors (Lipinski definition) is 1. The van der Waals surface area contributed by atoms with Gasteiger partial charge in [0.2, 0.25) is 0 Å². The van der Waals surface area contributed by atoms with Crippen molar-refractivity contribution < 1.29 is 23.5 Å². The Hall–Kier alpha value is -4.56. The van der Waals surface area contributed by atoms with E-state index in [0.717, 1.165) is 11.3 Å². The van der Waals surface area contributed by atoms with Crippen LogP contribution in [0.25, 0.3) is 11.3 Å². The van der Waals surface area contributed by atoms with Gasteiger partial charge in [0.05, 0.1) is 23.5 Å². The van der Waals surface area contributed by atoms with Crippen LogP contribution < -0.4 is 10.2 Å². The van der Waals surface area contributed by atoms with E-state index in [9.17, 15) is 14.4 Å². The van der Waals surface area contributed by atoms with Gasteiger partial charge in [-0.15, -0.1) is 0 Å². The molecule has 8 nitrogen and oxygen atoms in total. The Labute approximate surface area is 237 Å². The number of carbonyl (C=O) groups is 3. The molecule has 1 N–H and O–H groups in total. The highest BCUT2D eigenvalue weighted by atomic mass is 35.5. The molecule has 0 bridgehead atoms. The number of benzene rings is 3. The van der Waals surface area contributed by atoms with Gasteiger partial charge in [0, 0.05) is 42.3 Å². The second kappa shape index (κ2) is 12.1. The first-order valence-electron chi connectivity index (χ1n) is 13.0. The third-order valence-corrected chi connectivity index (χ3v) is 6.89. The first-order valence-corrected chi connectivity index (χ1v) is 13.4. The van der Waals surface area contributed by atoms with Crippen molar-refractivity contribution in [1.29, 1.82) is 0 Å². The lowest BCUT2D eigenvalue weighted by molar-refractivity contribution is 0.0526. The standard InChI is InChI=1S/C31H28ClN3O5/c1-2-39-31(38)23-10-13-26(34-16-18-35(19-17-34)30(37)22-6-4-3-5-7-22)25(20-23)33-29(36)28-15-14-27(40-28)21-8-11-24(32)12-9-21/h3-15,20H,2,16-19H2,1H3,(H,33,36). The monoisotopic (exact) mass is 557 g/mol. The average molecular weight is 558 g/mol.